The molecule has 0 amide bonds. The van der Waals surface area contributed by atoms with E-state index in [4.69, 9.17) is 23.2 Å². The fourth-order valence-corrected chi connectivity index (χ4v) is 1.88. The van der Waals surface area contributed by atoms with E-state index < -0.39 is 11.7 Å². The van der Waals surface area contributed by atoms with Crippen LogP contribution >= 0.6 is 23.2 Å². The molecule has 0 aliphatic heterocycles. The Labute approximate surface area is 117 Å². The highest BCUT2D eigenvalue weighted by Crippen LogP contribution is 2.34. The Morgan fingerprint density at radius 1 is 1.00 bits per heavy atom. The zero-order chi connectivity index (χ0) is 14.0. The van der Waals surface area contributed by atoms with Crippen molar-refractivity contribution < 1.29 is 13.2 Å². The van der Waals surface area contributed by atoms with Gasteiger partial charge in [0, 0.05) is 22.6 Å². The van der Waals surface area contributed by atoms with Gasteiger partial charge in [0.15, 0.2) is 0 Å². The molecule has 2 rings (SSSR count). The van der Waals surface area contributed by atoms with Crippen molar-refractivity contribution in [2.75, 3.05) is 5.32 Å². The maximum atomic E-state index is 12.6. The molecule has 0 bridgehead atoms. The number of hydrogen-bond acceptors (Lipinski definition) is 2. The van der Waals surface area contributed by atoms with Gasteiger partial charge in [-0.3, -0.25) is 0 Å². The van der Waals surface area contributed by atoms with E-state index in [1.807, 2.05) is 0 Å². The van der Waals surface area contributed by atoms with E-state index in [-0.39, 0.29) is 15.9 Å². The van der Waals surface area contributed by atoms with Crippen molar-refractivity contribution in [1.82, 2.24) is 4.98 Å². The molecular weight excluding hydrogens is 300 g/mol. The molecule has 19 heavy (non-hydrogen) atoms. The average molecular weight is 307 g/mol. The van der Waals surface area contributed by atoms with Crippen LogP contribution in [0.3, 0.4) is 0 Å². The van der Waals surface area contributed by atoms with Crippen molar-refractivity contribution in [3.05, 3.63) is 52.3 Å². The highest BCUT2D eigenvalue weighted by Gasteiger charge is 2.31. The molecule has 2 nitrogen and oxygen atoms in total. The minimum atomic E-state index is -4.45. The highest BCUT2D eigenvalue weighted by atomic mass is 35.5. The Kier molecular flexibility index (Phi) is 3.87. The lowest BCUT2D eigenvalue weighted by Crippen LogP contribution is -2.05. The summed E-state index contributed by atoms with van der Waals surface area (Å²) in [5.74, 6) is 0. The maximum Gasteiger partial charge on any atom is 0.416 e. The molecule has 0 aliphatic carbocycles. The summed E-state index contributed by atoms with van der Waals surface area (Å²) in [5, 5.41) is 3.03. The number of aromatic nitrogens is 1. The fourth-order valence-electron chi connectivity index (χ4n) is 1.47. The lowest BCUT2D eigenvalue weighted by Gasteiger charge is -2.11. The number of rotatable bonds is 2. The summed E-state index contributed by atoms with van der Waals surface area (Å²) in [6.07, 6.45) is -3.00. The van der Waals surface area contributed by atoms with E-state index in [0.29, 0.717) is 5.69 Å². The van der Waals surface area contributed by atoms with Gasteiger partial charge in [0.1, 0.15) is 5.15 Å². The summed E-state index contributed by atoms with van der Waals surface area (Å²) in [6.45, 7) is 0. The molecule has 0 saturated heterocycles. The van der Waals surface area contributed by atoms with E-state index in [0.717, 1.165) is 12.1 Å². The van der Waals surface area contributed by atoms with E-state index >= 15 is 0 Å². The average Bonchev–Trinajstić information content (AvgIpc) is 2.26. The highest BCUT2D eigenvalue weighted by molar-refractivity contribution is 6.31. The minimum absolute atomic E-state index is 0.00234. The molecule has 0 radical (unpaired) electrons. The summed E-state index contributed by atoms with van der Waals surface area (Å²) in [4.78, 5) is 3.78. The normalized spacial score (nSPS) is 11.4. The lowest BCUT2D eigenvalue weighted by atomic mass is 10.2. The SMILES string of the molecule is FC(F)(F)c1cc(Cl)cc(Nc2ccnc(Cl)c2)c1. The van der Waals surface area contributed by atoms with Crippen molar-refractivity contribution >= 4 is 34.6 Å². The summed E-state index contributed by atoms with van der Waals surface area (Å²) >= 11 is 11.4. The van der Waals surface area contributed by atoms with Crippen LogP contribution in [0, 0.1) is 0 Å². The molecule has 1 aromatic carbocycles. The number of halogens is 5. The number of nitrogens with one attached hydrogen (secondary N) is 1. The van der Waals surface area contributed by atoms with Gasteiger partial charge in [0.05, 0.1) is 5.56 Å². The first-order valence-electron chi connectivity index (χ1n) is 5.11. The van der Waals surface area contributed by atoms with Crippen molar-refractivity contribution in [1.29, 1.82) is 0 Å². The van der Waals surface area contributed by atoms with Crippen LogP contribution in [-0.2, 0) is 6.18 Å². The first-order valence-corrected chi connectivity index (χ1v) is 5.86. The zero-order valence-corrected chi connectivity index (χ0v) is 10.8. The molecule has 1 N–H and O–H groups in total. The molecule has 1 aromatic heterocycles. The van der Waals surface area contributed by atoms with Crippen molar-refractivity contribution in [2.45, 2.75) is 6.18 Å². The number of alkyl halides is 3. The molecule has 0 unspecified atom stereocenters. The third kappa shape index (κ3) is 3.75. The van der Waals surface area contributed by atoms with Crippen LogP contribution in [0.25, 0.3) is 0 Å². The van der Waals surface area contributed by atoms with Crippen LogP contribution in [0.5, 0.6) is 0 Å². The molecule has 7 heteroatoms. The van der Waals surface area contributed by atoms with E-state index in [9.17, 15) is 13.2 Å². The number of benzene rings is 1. The first-order chi connectivity index (χ1) is 8.84. The van der Waals surface area contributed by atoms with Gasteiger partial charge >= 0.3 is 6.18 Å². The number of hydrogen-bond donors (Lipinski definition) is 1. The molecule has 100 valence electrons. The zero-order valence-electron chi connectivity index (χ0n) is 9.30. The van der Waals surface area contributed by atoms with Crippen LogP contribution in [0.2, 0.25) is 10.2 Å². The largest absolute Gasteiger partial charge is 0.416 e. The molecular formula is C12H7Cl2F3N2. The van der Waals surface area contributed by atoms with Gasteiger partial charge in [-0.05, 0) is 30.3 Å². The van der Waals surface area contributed by atoms with E-state index in [1.165, 1.54) is 18.3 Å². The summed E-state index contributed by atoms with van der Waals surface area (Å²) in [7, 11) is 0. The molecule has 1 heterocycles. The summed E-state index contributed by atoms with van der Waals surface area (Å²) in [5.41, 5.74) is -0.0693. The molecule has 0 aliphatic rings. The third-order valence-corrected chi connectivity index (χ3v) is 2.67. The van der Waals surface area contributed by atoms with Crippen LogP contribution in [0.1, 0.15) is 5.56 Å². The standard InChI is InChI=1S/C12H7Cl2F3N2/c13-8-3-7(12(15,16)17)4-10(5-8)19-9-1-2-18-11(14)6-9/h1-6H,(H,18,19). The van der Waals surface area contributed by atoms with Gasteiger partial charge in [0.2, 0.25) is 0 Å². The second-order valence-electron chi connectivity index (χ2n) is 3.72. The Balaban J connectivity index is 2.33. The maximum absolute atomic E-state index is 12.6. The fraction of sp³-hybridized carbons (Fsp3) is 0.0833. The first kappa shape index (κ1) is 14.0. The van der Waals surface area contributed by atoms with Crippen LogP contribution in [0.15, 0.2) is 36.5 Å². The molecule has 0 atom stereocenters. The van der Waals surface area contributed by atoms with Crippen molar-refractivity contribution in [3.8, 4) is 0 Å². The van der Waals surface area contributed by atoms with Crippen molar-refractivity contribution in [2.24, 2.45) is 0 Å². The predicted molar refractivity (Wildman–Crippen MR) is 69.0 cm³/mol. The number of pyridine rings is 1. The molecule has 2 aromatic rings. The molecule has 0 fully saturated rings. The van der Waals surface area contributed by atoms with Crippen LogP contribution in [-0.4, -0.2) is 4.98 Å². The Morgan fingerprint density at radius 2 is 1.74 bits per heavy atom. The quantitative estimate of drug-likeness (QED) is 0.776. The van der Waals surface area contributed by atoms with E-state index in [2.05, 4.69) is 10.3 Å². The summed E-state index contributed by atoms with van der Waals surface area (Å²) < 4.78 is 37.9. The summed E-state index contributed by atoms with van der Waals surface area (Å²) in [6, 6.07) is 6.31. The number of nitrogens with zero attached hydrogens (tertiary/aromatic N) is 1. The Hall–Kier alpha value is -1.46. The smallest absolute Gasteiger partial charge is 0.355 e. The topological polar surface area (TPSA) is 24.9 Å². The third-order valence-electron chi connectivity index (χ3n) is 2.24. The van der Waals surface area contributed by atoms with Gasteiger partial charge in [-0.2, -0.15) is 13.2 Å². The monoisotopic (exact) mass is 306 g/mol. The lowest BCUT2D eigenvalue weighted by molar-refractivity contribution is -0.137. The molecule has 0 spiro atoms. The van der Waals surface area contributed by atoms with Gasteiger partial charge in [-0.1, -0.05) is 23.2 Å². The van der Waals surface area contributed by atoms with E-state index in [1.54, 1.807) is 6.07 Å². The Morgan fingerprint density at radius 3 is 2.37 bits per heavy atom. The Bertz CT molecular complexity index is 600. The van der Waals surface area contributed by atoms with Gasteiger partial charge < -0.3 is 5.32 Å². The van der Waals surface area contributed by atoms with Crippen LogP contribution < -0.4 is 5.32 Å². The van der Waals surface area contributed by atoms with Gasteiger partial charge in [-0.25, -0.2) is 4.98 Å². The molecule has 0 saturated carbocycles. The second kappa shape index (κ2) is 5.27. The van der Waals surface area contributed by atoms with Crippen molar-refractivity contribution in [3.63, 3.8) is 0 Å². The van der Waals surface area contributed by atoms with Gasteiger partial charge in [-0.15, -0.1) is 0 Å². The predicted octanol–water partition coefficient (Wildman–Crippen LogP) is 5.15. The second-order valence-corrected chi connectivity index (χ2v) is 4.54. The van der Waals surface area contributed by atoms with Gasteiger partial charge in [0.25, 0.3) is 0 Å². The van der Waals surface area contributed by atoms with Crippen LogP contribution in [0.4, 0.5) is 24.5 Å². The minimum Gasteiger partial charge on any atom is -0.355 e. The number of anilines is 2.